The molecule has 1 N–H and O–H groups in total. The summed E-state index contributed by atoms with van der Waals surface area (Å²) in [5, 5.41) is 9.72. The van der Waals surface area contributed by atoms with Crippen molar-refractivity contribution >= 4 is 11.8 Å². The maximum Gasteiger partial charge on any atom is 0.227 e. The number of nitrogens with zero attached hydrogens (tertiary/aromatic N) is 5. The lowest BCUT2D eigenvalue weighted by molar-refractivity contribution is 0.145. The van der Waals surface area contributed by atoms with E-state index in [0.717, 1.165) is 57.2 Å². The Kier molecular flexibility index (Phi) is 3.99. The molecule has 3 rings (SSSR count). The Labute approximate surface area is 126 Å². The molecular weight excluding hydrogens is 266 g/mol. The summed E-state index contributed by atoms with van der Waals surface area (Å²) < 4.78 is 0. The Hall–Kier alpha value is -1.40. The third-order valence-corrected chi connectivity index (χ3v) is 4.38. The van der Waals surface area contributed by atoms with E-state index in [9.17, 15) is 5.11 Å². The molecule has 3 heterocycles. The molecule has 0 aromatic carbocycles. The largest absolute Gasteiger partial charge is 0.393 e. The van der Waals surface area contributed by atoms with E-state index in [2.05, 4.69) is 16.8 Å². The third-order valence-electron chi connectivity index (χ3n) is 4.38. The lowest BCUT2D eigenvalue weighted by Crippen LogP contribution is -2.39. The smallest absolute Gasteiger partial charge is 0.227 e. The maximum absolute atomic E-state index is 9.72. The summed E-state index contributed by atoms with van der Waals surface area (Å²) in [5.41, 5.74) is 2.46. The van der Waals surface area contributed by atoms with Crippen LogP contribution in [0.5, 0.6) is 0 Å². The van der Waals surface area contributed by atoms with Gasteiger partial charge >= 0.3 is 0 Å². The van der Waals surface area contributed by atoms with Gasteiger partial charge < -0.3 is 19.8 Å². The molecule has 1 aromatic heterocycles. The van der Waals surface area contributed by atoms with Crippen LogP contribution in [0.4, 0.5) is 11.8 Å². The SMILES string of the molecule is CN1CCc2nc(N(C)C)nc(N3CCC(O)CC3)c2C1. The van der Waals surface area contributed by atoms with E-state index in [1.807, 2.05) is 19.0 Å². The average Bonchev–Trinajstić information content (AvgIpc) is 2.47. The van der Waals surface area contributed by atoms with Crippen LogP contribution in [0.25, 0.3) is 0 Å². The van der Waals surface area contributed by atoms with E-state index in [1.54, 1.807) is 0 Å². The Morgan fingerprint density at radius 1 is 1.14 bits per heavy atom. The summed E-state index contributed by atoms with van der Waals surface area (Å²) in [5.74, 6) is 1.86. The fourth-order valence-electron chi connectivity index (χ4n) is 3.06. The summed E-state index contributed by atoms with van der Waals surface area (Å²) in [7, 11) is 6.12. The molecule has 0 aliphatic carbocycles. The molecule has 1 saturated heterocycles. The van der Waals surface area contributed by atoms with Gasteiger partial charge in [-0.05, 0) is 19.9 Å². The van der Waals surface area contributed by atoms with Crippen LogP contribution in [0.1, 0.15) is 24.1 Å². The normalized spacial score (nSPS) is 20.5. The highest BCUT2D eigenvalue weighted by Gasteiger charge is 2.26. The molecule has 0 amide bonds. The lowest BCUT2D eigenvalue weighted by atomic mass is 10.0. The van der Waals surface area contributed by atoms with E-state index in [-0.39, 0.29) is 6.10 Å². The van der Waals surface area contributed by atoms with E-state index in [4.69, 9.17) is 9.97 Å². The van der Waals surface area contributed by atoms with Crippen molar-refractivity contribution in [1.82, 2.24) is 14.9 Å². The van der Waals surface area contributed by atoms with Crippen LogP contribution in [-0.4, -0.2) is 66.9 Å². The average molecular weight is 291 g/mol. The van der Waals surface area contributed by atoms with Gasteiger partial charge in [-0.3, -0.25) is 0 Å². The van der Waals surface area contributed by atoms with Crippen LogP contribution in [0.15, 0.2) is 0 Å². The molecule has 0 atom stereocenters. The number of aliphatic hydroxyl groups is 1. The van der Waals surface area contributed by atoms with Crippen LogP contribution in [0, 0.1) is 0 Å². The van der Waals surface area contributed by atoms with Crippen LogP contribution < -0.4 is 9.80 Å². The molecule has 0 saturated carbocycles. The highest BCUT2D eigenvalue weighted by Crippen LogP contribution is 2.29. The van der Waals surface area contributed by atoms with E-state index >= 15 is 0 Å². The first kappa shape index (κ1) is 14.5. The summed E-state index contributed by atoms with van der Waals surface area (Å²) >= 11 is 0. The fourth-order valence-corrected chi connectivity index (χ4v) is 3.06. The highest BCUT2D eigenvalue weighted by molar-refractivity contribution is 5.54. The zero-order valence-corrected chi connectivity index (χ0v) is 13.2. The van der Waals surface area contributed by atoms with Gasteiger partial charge in [0.2, 0.25) is 5.95 Å². The Morgan fingerprint density at radius 3 is 2.52 bits per heavy atom. The van der Waals surface area contributed by atoms with Gasteiger partial charge in [0.05, 0.1) is 11.8 Å². The Bertz CT molecular complexity index is 511. The van der Waals surface area contributed by atoms with Gasteiger partial charge in [0.15, 0.2) is 0 Å². The zero-order chi connectivity index (χ0) is 15.0. The standard InChI is InChI=1S/C15H25N5O/c1-18(2)15-16-13-6-7-19(3)10-12(13)14(17-15)20-8-4-11(21)5-9-20/h11,21H,4-10H2,1-3H3. The van der Waals surface area contributed by atoms with Crippen molar-refractivity contribution in [3.05, 3.63) is 11.3 Å². The van der Waals surface area contributed by atoms with Gasteiger partial charge in [-0.15, -0.1) is 0 Å². The third kappa shape index (κ3) is 2.96. The van der Waals surface area contributed by atoms with Crippen LogP contribution in [0.3, 0.4) is 0 Å². The summed E-state index contributed by atoms with van der Waals surface area (Å²) in [6, 6.07) is 0. The molecular formula is C15H25N5O. The van der Waals surface area contributed by atoms with Gasteiger partial charge in [0.25, 0.3) is 0 Å². The first-order chi connectivity index (χ1) is 10.0. The van der Waals surface area contributed by atoms with E-state index < -0.39 is 0 Å². The molecule has 116 valence electrons. The number of anilines is 2. The Balaban J connectivity index is 1.98. The zero-order valence-electron chi connectivity index (χ0n) is 13.2. The van der Waals surface area contributed by atoms with E-state index in [0.29, 0.717) is 0 Å². The first-order valence-corrected chi connectivity index (χ1v) is 7.73. The second-order valence-electron chi connectivity index (χ2n) is 6.37. The van der Waals surface area contributed by atoms with Gasteiger partial charge in [0.1, 0.15) is 5.82 Å². The van der Waals surface area contributed by atoms with Crippen molar-refractivity contribution in [3.8, 4) is 0 Å². The molecule has 1 aromatic rings. The Morgan fingerprint density at radius 2 is 1.86 bits per heavy atom. The topological polar surface area (TPSA) is 55.7 Å². The summed E-state index contributed by atoms with van der Waals surface area (Å²) in [4.78, 5) is 16.1. The fraction of sp³-hybridized carbons (Fsp3) is 0.733. The monoisotopic (exact) mass is 291 g/mol. The lowest BCUT2D eigenvalue weighted by Gasteiger charge is -2.35. The van der Waals surface area contributed by atoms with Gasteiger partial charge in [0, 0.05) is 52.3 Å². The van der Waals surface area contributed by atoms with E-state index in [1.165, 1.54) is 11.3 Å². The number of hydrogen-bond acceptors (Lipinski definition) is 6. The van der Waals surface area contributed by atoms with Crippen LogP contribution >= 0.6 is 0 Å². The predicted octanol–water partition coefficient (Wildman–Crippen LogP) is 0.492. The summed E-state index contributed by atoms with van der Waals surface area (Å²) in [6.07, 6.45) is 2.48. The molecule has 0 bridgehead atoms. The number of rotatable bonds is 2. The number of aliphatic hydroxyl groups excluding tert-OH is 1. The molecule has 6 heteroatoms. The molecule has 0 spiro atoms. The highest BCUT2D eigenvalue weighted by atomic mass is 16.3. The first-order valence-electron chi connectivity index (χ1n) is 7.73. The van der Waals surface area contributed by atoms with Gasteiger partial charge in [-0.1, -0.05) is 0 Å². The molecule has 6 nitrogen and oxygen atoms in total. The number of fused-ring (bicyclic) bond motifs is 1. The summed E-state index contributed by atoms with van der Waals surface area (Å²) in [6.45, 7) is 3.72. The minimum Gasteiger partial charge on any atom is -0.393 e. The van der Waals surface area contributed by atoms with Crippen LogP contribution in [0.2, 0.25) is 0 Å². The molecule has 1 fully saturated rings. The number of aromatic nitrogens is 2. The maximum atomic E-state index is 9.72. The number of hydrogen-bond donors (Lipinski definition) is 1. The molecule has 2 aliphatic heterocycles. The minimum absolute atomic E-state index is 0.157. The minimum atomic E-state index is -0.157. The van der Waals surface area contributed by atoms with Gasteiger partial charge in [-0.25, -0.2) is 4.98 Å². The second-order valence-corrected chi connectivity index (χ2v) is 6.37. The molecule has 21 heavy (non-hydrogen) atoms. The van der Waals surface area contributed by atoms with Crippen molar-refractivity contribution in [3.63, 3.8) is 0 Å². The number of likely N-dealkylation sites (N-methyl/N-ethyl adjacent to an activating group) is 1. The molecule has 0 radical (unpaired) electrons. The van der Waals surface area contributed by atoms with Crippen molar-refractivity contribution in [2.75, 3.05) is 50.6 Å². The molecule has 0 unspecified atom stereocenters. The van der Waals surface area contributed by atoms with Crippen molar-refractivity contribution in [1.29, 1.82) is 0 Å². The quantitative estimate of drug-likeness (QED) is 0.856. The van der Waals surface area contributed by atoms with Crippen LogP contribution in [-0.2, 0) is 13.0 Å². The second kappa shape index (κ2) is 5.77. The number of piperidine rings is 1. The van der Waals surface area contributed by atoms with Crippen molar-refractivity contribution in [2.45, 2.75) is 31.9 Å². The van der Waals surface area contributed by atoms with Crippen molar-refractivity contribution < 1.29 is 5.11 Å². The predicted molar refractivity (Wildman–Crippen MR) is 83.9 cm³/mol. The van der Waals surface area contributed by atoms with Gasteiger partial charge in [-0.2, -0.15) is 4.98 Å². The molecule has 2 aliphatic rings. The van der Waals surface area contributed by atoms with Crippen molar-refractivity contribution in [2.24, 2.45) is 0 Å².